The van der Waals surface area contributed by atoms with Crippen LogP contribution in [0.4, 0.5) is 0 Å². The minimum Gasteiger partial charge on any atom is -0.332 e. The summed E-state index contributed by atoms with van der Waals surface area (Å²) in [7, 11) is 0. The minimum absolute atomic E-state index is 0.301. The Morgan fingerprint density at radius 1 is 1.07 bits per heavy atom. The first-order valence-electron chi connectivity index (χ1n) is 8.95. The summed E-state index contributed by atoms with van der Waals surface area (Å²) in [5, 5.41) is 4.38. The lowest BCUT2D eigenvalue weighted by Gasteiger charge is -2.02. The third-order valence-electron chi connectivity index (χ3n) is 4.46. The van der Waals surface area contributed by atoms with Crippen LogP contribution in [-0.2, 0) is 19.5 Å². The highest BCUT2D eigenvalue weighted by atomic mass is 16.2. The van der Waals surface area contributed by atoms with E-state index in [2.05, 4.69) is 32.2 Å². The maximum Gasteiger partial charge on any atom is 0.330 e. The highest BCUT2D eigenvalue weighted by molar-refractivity contribution is 5.75. The molecule has 0 radical (unpaired) electrons. The molecule has 0 spiro atoms. The number of nitrogens with one attached hydrogen (secondary N) is 2. The van der Waals surface area contributed by atoms with Gasteiger partial charge < -0.3 is 4.98 Å². The van der Waals surface area contributed by atoms with Gasteiger partial charge in [-0.3, -0.25) is 19.0 Å². The third kappa shape index (κ3) is 3.33. The molecular formula is C19H20N6O2. The molecule has 0 atom stereocenters. The Morgan fingerprint density at radius 2 is 1.89 bits per heavy atom. The fourth-order valence-corrected chi connectivity index (χ4v) is 3.11. The lowest BCUT2D eigenvalue weighted by molar-refractivity contribution is 0.615. The molecule has 3 aromatic heterocycles. The monoisotopic (exact) mass is 364 g/mol. The predicted molar refractivity (Wildman–Crippen MR) is 103 cm³/mol. The molecule has 1 aromatic carbocycles. The molecule has 27 heavy (non-hydrogen) atoms. The van der Waals surface area contributed by atoms with Crippen molar-refractivity contribution in [2.75, 3.05) is 0 Å². The summed E-state index contributed by atoms with van der Waals surface area (Å²) in [4.78, 5) is 34.0. The van der Waals surface area contributed by atoms with E-state index < -0.39 is 11.2 Å². The molecule has 0 unspecified atom stereocenters. The molecule has 0 saturated carbocycles. The average Bonchev–Trinajstić information content (AvgIpc) is 3.31. The topological polar surface area (TPSA) is 101 Å². The van der Waals surface area contributed by atoms with Gasteiger partial charge >= 0.3 is 5.69 Å². The van der Waals surface area contributed by atoms with E-state index in [4.69, 9.17) is 0 Å². The van der Waals surface area contributed by atoms with Gasteiger partial charge in [-0.2, -0.15) is 5.10 Å². The number of imidazole rings is 1. The first-order chi connectivity index (χ1) is 13.2. The first kappa shape index (κ1) is 17.0. The Labute approximate surface area is 154 Å². The Hall–Kier alpha value is -3.42. The molecule has 0 aliphatic carbocycles. The van der Waals surface area contributed by atoms with Crippen LogP contribution in [0.3, 0.4) is 0 Å². The number of aryl methyl sites for hydroxylation is 3. The van der Waals surface area contributed by atoms with Gasteiger partial charge in [-0.15, -0.1) is 0 Å². The van der Waals surface area contributed by atoms with Gasteiger partial charge in [-0.05, 0) is 18.4 Å². The molecule has 2 N–H and O–H groups in total. The smallest absolute Gasteiger partial charge is 0.330 e. The summed E-state index contributed by atoms with van der Waals surface area (Å²) in [6, 6.07) is 10.2. The average molecular weight is 364 g/mol. The number of H-pyrrole nitrogens is 2. The molecule has 0 saturated heterocycles. The van der Waals surface area contributed by atoms with Crippen LogP contribution in [0.25, 0.3) is 22.6 Å². The van der Waals surface area contributed by atoms with Gasteiger partial charge in [0, 0.05) is 19.3 Å². The Bertz CT molecular complexity index is 1180. The lowest BCUT2D eigenvalue weighted by atomic mass is 10.1. The molecule has 3 heterocycles. The summed E-state index contributed by atoms with van der Waals surface area (Å²) in [6.45, 7) is 3.20. The number of aromatic nitrogens is 6. The minimum atomic E-state index is -0.461. The largest absolute Gasteiger partial charge is 0.332 e. The molecule has 0 aliphatic rings. The quantitative estimate of drug-likeness (QED) is 0.546. The second kappa shape index (κ2) is 7.06. The van der Waals surface area contributed by atoms with Crippen molar-refractivity contribution in [3.05, 3.63) is 69.1 Å². The number of fused-ring (bicyclic) bond motifs is 1. The standard InChI is InChI=1S/C19H20N6O2/c1-2-9-25-17-15(18(26)23-19(25)27)21-16(22-17)14-11-20-24(12-14)10-8-13-6-4-3-5-7-13/h3-7,11-12H,2,8-10H2,1H3,(H,21,22)(H,23,26,27). The zero-order valence-corrected chi connectivity index (χ0v) is 15.0. The Balaban J connectivity index is 1.64. The van der Waals surface area contributed by atoms with Crippen LogP contribution in [-0.4, -0.2) is 29.3 Å². The van der Waals surface area contributed by atoms with Crippen LogP contribution in [0, 0.1) is 0 Å². The lowest BCUT2D eigenvalue weighted by Crippen LogP contribution is -2.30. The van der Waals surface area contributed by atoms with Gasteiger partial charge in [0.15, 0.2) is 5.65 Å². The van der Waals surface area contributed by atoms with Crippen LogP contribution < -0.4 is 11.2 Å². The van der Waals surface area contributed by atoms with Crippen LogP contribution in [0.2, 0.25) is 0 Å². The molecule has 0 bridgehead atoms. The van der Waals surface area contributed by atoms with Crippen molar-refractivity contribution in [2.45, 2.75) is 32.9 Å². The molecule has 138 valence electrons. The van der Waals surface area contributed by atoms with E-state index >= 15 is 0 Å². The molecule has 0 fully saturated rings. The highest BCUT2D eigenvalue weighted by Gasteiger charge is 2.14. The fourth-order valence-electron chi connectivity index (χ4n) is 3.11. The number of aromatic amines is 2. The summed E-state index contributed by atoms with van der Waals surface area (Å²) in [5.41, 5.74) is 1.79. The van der Waals surface area contributed by atoms with E-state index in [-0.39, 0.29) is 0 Å². The number of rotatable bonds is 6. The zero-order valence-electron chi connectivity index (χ0n) is 15.0. The van der Waals surface area contributed by atoms with E-state index in [1.54, 1.807) is 6.20 Å². The summed E-state index contributed by atoms with van der Waals surface area (Å²) in [6.07, 6.45) is 5.23. The van der Waals surface area contributed by atoms with E-state index in [0.29, 0.717) is 23.5 Å². The maximum absolute atomic E-state index is 12.1. The van der Waals surface area contributed by atoms with Crippen molar-refractivity contribution in [2.24, 2.45) is 0 Å². The molecule has 8 heteroatoms. The van der Waals surface area contributed by atoms with Crippen molar-refractivity contribution >= 4 is 11.2 Å². The summed E-state index contributed by atoms with van der Waals surface area (Å²) >= 11 is 0. The molecule has 4 aromatic rings. The van der Waals surface area contributed by atoms with Crippen molar-refractivity contribution in [3.63, 3.8) is 0 Å². The molecule has 0 aliphatic heterocycles. The van der Waals surface area contributed by atoms with Gasteiger partial charge in [-0.25, -0.2) is 9.78 Å². The van der Waals surface area contributed by atoms with Gasteiger partial charge in [0.25, 0.3) is 5.56 Å². The number of hydrogen-bond donors (Lipinski definition) is 2. The van der Waals surface area contributed by atoms with Crippen molar-refractivity contribution in [3.8, 4) is 11.4 Å². The second-order valence-corrected chi connectivity index (χ2v) is 6.42. The Morgan fingerprint density at radius 3 is 2.67 bits per heavy atom. The van der Waals surface area contributed by atoms with E-state index in [9.17, 15) is 9.59 Å². The normalized spacial score (nSPS) is 11.3. The van der Waals surface area contributed by atoms with Crippen molar-refractivity contribution < 1.29 is 0 Å². The molecular weight excluding hydrogens is 344 g/mol. The fraction of sp³-hybridized carbons (Fsp3) is 0.263. The van der Waals surface area contributed by atoms with Gasteiger partial charge in [0.05, 0.1) is 11.8 Å². The van der Waals surface area contributed by atoms with Crippen molar-refractivity contribution in [1.82, 2.24) is 29.3 Å². The molecule has 8 nitrogen and oxygen atoms in total. The van der Waals surface area contributed by atoms with E-state index in [0.717, 1.165) is 24.9 Å². The SMILES string of the molecule is CCCn1c(=O)[nH]c(=O)c2[nH]c(-c3cnn(CCc4ccccc4)c3)nc21. The maximum atomic E-state index is 12.1. The number of hydrogen-bond acceptors (Lipinski definition) is 4. The van der Waals surface area contributed by atoms with Gasteiger partial charge in [0.1, 0.15) is 11.3 Å². The number of benzene rings is 1. The Kier molecular flexibility index (Phi) is 4.45. The summed E-state index contributed by atoms with van der Waals surface area (Å²) < 4.78 is 3.33. The first-order valence-corrected chi connectivity index (χ1v) is 8.95. The van der Waals surface area contributed by atoms with Crippen LogP contribution in [0.1, 0.15) is 18.9 Å². The molecule has 0 amide bonds. The number of nitrogens with zero attached hydrogens (tertiary/aromatic N) is 4. The van der Waals surface area contributed by atoms with Crippen LogP contribution >= 0.6 is 0 Å². The summed E-state index contributed by atoms with van der Waals surface area (Å²) in [5.74, 6) is 0.525. The zero-order chi connectivity index (χ0) is 18.8. The van der Waals surface area contributed by atoms with Crippen molar-refractivity contribution in [1.29, 1.82) is 0 Å². The van der Waals surface area contributed by atoms with Gasteiger partial charge in [-0.1, -0.05) is 37.3 Å². The third-order valence-corrected chi connectivity index (χ3v) is 4.46. The molecule has 4 rings (SSSR count). The highest BCUT2D eigenvalue weighted by Crippen LogP contribution is 2.17. The van der Waals surface area contributed by atoms with Crippen LogP contribution in [0.5, 0.6) is 0 Å². The predicted octanol–water partition coefficient (Wildman–Crippen LogP) is 1.93. The van der Waals surface area contributed by atoms with Crippen LogP contribution in [0.15, 0.2) is 52.3 Å². The second-order valence-electron chi connectivity index (χ2n) is 6.42. The van der Waals surface area contributed by atoms with Gasteiger partial charge in [0.2, 0.25) is 0 Å². The van der Waals surface area contributed by atoms with E-state index in [1.165, 1.54) is 10.1 Å². The van der Waals surface area contributed by atoms with E-state index in [1.807, 2.05) is 36.0 Å².